The summed E-state index contributed by atoms with van der Waals surface area (Å²) in [5, 5.41) is 8.01. The van der Waals surface area contributed by atoms with Gasteiger partial charge in [-0.3, -0.25) is 4.57 Å². The van der Waals surface area contributed by atoms with E-state index in [9.17, 15) is 4.79 Å². The second kappa shape index (κ2) is 7.47. The normalized spacial score (nSPS) is 8.09. The molecular formula is C5H11O5P. The van der Waals surface area contributed by atoms with Gasteiger partial charge in [0.1, 0.15) is 0 Å². The van der Waals surface area contributed by atoms with E-state index in [1.165, 1.54) is 6.08 Å². The Morgan fingerprint density at radius 1 is 1.36 bits per heavy atom. The van der Waals surface area contributed by atoms with E-state index in [4.69, 9.17) is 19.5 Å². The van der Waals surface area contributed by atoms with Crippen LogP contribution in [0, 0.1) is 0 Å². The van der Waals surface area contributed by atoms with Gasteiger partial charge in [0.05, 0.1) is 0 Å². The molecule has 0 bridgehead atoms. The molecule has 0 rings (SSSR count). The monoisotopic (exact) mass is 182 g/mol. The highest BCUT2D eigenvalue weighted by Crippen LogP contribution is 1.98. The third kappa shape index (κ3) is 44.9. The van der Waals surface area contributed by atoms with Gasteiger partial charge in [0.2, 0.25) is 0 Å². The molecule has 0 fully saturated rings. The van der Waals surface area contributed by atoms with Crippen LogP contribution in [0.5, 0.6) is 0 Å². The fraction of sp³-hybridized carbons (Fsp3) is 0.400. The van der Waals surface area contributed by atoms with Crippen LogP contribution in [0.1, 0.15) is 13.8 Å². The summed E-state index contributed by atoms with van der Waals surface area (Å²) >= 11 is 0. The Kier molecular flexibility index (Phi) is 8.82. The largest absolute Gasteiger partial charge is 0.478 e. The van der Waals surface area contributed by atoms with Crippen LogP contribution >= 0.6 is 8.25 Å². The predicted molar refractivity (Wildman–Crippen MR) is 40.5 cm³/mol. The molecule has 0 aliphatic heterocycles. The molecule has 0 saturated heterocycles. The first-order valence-corrected chi connectivity index (χ1v) is 3.96. The van der Waals surface area contributed by atoms with Crippen LogP contribution in [-0.2, 0) is 9.36 Å². The molecule has 0 aliphatic rings. The molecule has 0 unspecified atom stereocenters. The van der Waals surface area contributed by atoms with Gasteiger partial charge in [-0.1, -0.05) is 5.57 Å². The number of carboxylic acid groups (broad SMARTS) is 1. The van der Waals surface area contributed by atoms with Gasteiger partial charge in [-0.2, -0.15) is 0 Å². The first-order valence-electron chi connectivity index (χ1n) is 2.66. The maximum absolute atomic E-state index is 9.73. The van der Waals surface area contributed by atoms with Crippen LogP contribution in [0.25, 0.3) is 0 Å². The average molecular weight is 182 g/mol. The van der Waals surface area contributed by atoms with E-state index >= 15 is 0 Å². The van der Waals surface area contributed by atoms with E-state index in [2.05, 4.69) is 0 Å². The first-order chi connectivity index (χ1) is 4.86. The number of carbonyl (C=O) groups is 1. The predicted octanol–water partition coefficient (Wildman–Crippen LogP) is 0.398. The average Bonchev–Trinajstić information content (AvgIpc) is 1.56. The molecule has 0 radical (unpaired) electrons. The van der Waals surface area contributed by atoms with E-state index < -0.39 is 14.2 Å². The summed E-state index contributed by atoms with van der Waals surface area (Å²) in [6.07, 6.45) is 1.17. The second-order valence-electron chi connectivity index (χ2n) is 1.84. The molecule has 0 aromatic carbocycles. The van der Waals surface area contributed by atoms with Gasteiger partial charge in [0.15, 0.2) is 0 Å². The van der Waals surface area contributed by atoms with E-state index in [0.29, 0.717) is 0 Å². The minimum atomic E-state index is -3.13. The molecule has 66 valence electrons. The highest BCUT2D eigenvalue weighted by molar-refractivity contribution is 7.30. The van der Waals surface area contributed by atoms with Gasteiger partial charge >= 0.3 is 14.2 Å². The van der Waals surface area contributed by atoms with Crippen LogP contribution in [0.2, 0.25) is 0 Å². The van der Waals surface area contributed by atoms with Crippen molar-refractivity contribution < 1.29 is 24.3 Å². The van der Waals surface area contributed by atoms with Crippen molar-refractivity contribution in [2.75, 3.05) is 0 Å². The molecule has 5 nitrogen and oxygen atoms in total. The minimum absolute atomic E-state index is 0.813. The molecule has 0 amide bonds. The topological polar surface area (TPSA) is 94.8 Å². The van der Waals surface area contributed by atoms with Crippen LogP contribution in [0.4, 0.5) is 0 Å². The molecule has 0 spiro atoms. The lowest BCUT2D eigenvalue weighted by atomic mass is 10.3. The molecule has 0 aliphatic carbocycles. The molecule has 0 aromatic rings. The lowest BCUT2D eigenvalue weighted by molar-refractivity contribution is -0.131. The zero-order valence-electron chi connectivity index (χ0n) is 6.24. The van der Waals surface area contributed by atoms with Gasteiger partial charge in [0, 0.05) is 6.08 Å². The van der Waals surface area contributed by atoms with Crippen LogP contribution in [-0.4, -0.2) is 20.9 Å². The summed E-state index contributed by atoms with van der Waals surface area (Å²) in [5.74, 6) is -0.875. The smallest absolute Gasteiger partial charge is 0.328 e. The van der Waals surface area contributed by atoms with Crippen LogP contribution in [0.15, 0.2) is 11.6 Å². The number of rotatable bonds is 1. The quantitative estimate of drug-likeness (QED) is 0.403. The third-order valence-corrected chi connectivity index (χ3v) is 0.412. The van der Waals surface area contributed by atoms with Crippen molar-refractivity contribution in [1.82, 2.24) is 0 Å². The Bertz CT molecular complexity index is 166. The van der Waals surface area contributed by atoms with Gasteiger partial charge in [-0.05, 0) is 13.8 Å². The summed E-state index contributed by atoms with van der Waals surface area (Å²) in [7, 11) is -3.13. The Hall–Kier alpha value is -0.640. The van der Waals surface area contributed by atoms with E-state index in [1.54, 1.807) is 13.8 Å². The number of hydrogen-bond acceptors (Lipinski definition) is 2. The molecular weight excluding hydrogens is 171 g/mol. The highest BCUT2D eigenvalue weighted by Gasteiger charge is 1.83. The van der Waals surface area contributed by atoms with E-state index in [1.807, 2.05) is 0 Å². The standard InChI is InChI=1S/C5H8O2.H3O3P/c1-4(2)3-5(6)7;1-4(2)3/h3H,1-2H3,(H,6,7);4H,(H2,1,2,3). The number of hydrogen-bond donors (Lipinski definition) is 3. The van der Waals surface area contributed by atoms with Crippen LogP contribution < -0.4 is 0 Å². The van der Waals surface area contributed by atoms with Crippen LogP contribution in [0.3, 0.4) is 0 Å². The Morgan fingerprint density at radius 3 is 1.64 bits per heavy atom. The van der Waals surface area contributed by atoms with Crippen molar-refractivity contribution in [3.05, 3.63) is 11.6 Å². The first kappa shape index (κ1) is 13.0. The molecule has 0 atom stereocenters. The van der Waals surface area contributed by atoms with Gasteiger partial charge in [-0.25, -0.2) is 4.79 Å². The molecule has 0 aromatic heterocycles. The maximum atomic E-state index is 9.73. The Morgan fingerprint density at radius 2 is 1.64 bits per heavy atom. The van der Waals surface area contributed by atoms with Crippen molar-refractivity contribution >= 4 is 14.2 Å². The van der Waals surface area contributed by atoms with E-state index in [-0.39, 0.29) is 0 Å². The van der Waals surface area contributed by atoms with Crippen molar-refractivity contribution in [2.24, 2.45) is 0 Å². The fourth-order valence-electron chi connectivity index (χ4n) is 0.247. The van der Waals surface area contributed by atoms with Crippen molar-refractivity contribution in [3.63, 3.8) is 0 Å². The highest BCUT2D eigenvalue weighted by atomic mass is 31.1. The van der Waals surface area contributed by atoms with Gasteiger partial charge < -0.3 is 14.9 Å². The minimum Gasteiger partial charge on any atom is -0.478 e. The molecule has 0 heterocycles. The molecule has 11 heavy (non-hydrogen) atoms. The molecule has 3 N–H and O–H groups in total. The molecule has 0 saturated carbocycles. The zero-order chi connectivity index (χ0) is 9.44. The number of carboxylic acids is 1. The van der Waals surface area contributed by atoms with E-state index in [0.717, 1.165) is 5.57 Å². The lowest BCUT2D eigenvalue weighted by Crippen LogP contribution is -1.86. The maximum Gasteiger partial charge on any atom is 0.328 e. The van der Waals surface area contributed by atoms with Crippen molar-refractivity contribution in [1.29, 1.82) is 0 Å². The second-order valence-corrected chi connectivity index (χ2v) is 2.41. The SMILES string of the molecule is CC(C)=CC(=O)O.O=[PH](O)O. The Balaban J connectivity index is 0. The lowest BCUT2D eigenvalue weighted by Gasteiger charge is -1.79. The summed E-state index contributed by atoms with van der Waals surface area (Å²) in [6, 6.07) is 0. The summed E-state index contributed by atoms with van der Waals surface area (Å²) in [4.78, 5) is 24.0. The fourth-order valence-corrected chi connectivity index (χ4v) is 0.247. The third-order valence-electron chi connectivity index (χ3n) is 0.412. The zero-order valence-corrected chi connectivity index (χ0v) is 7.24. The van der Waals surface area contributed by atoms with Gasteiger partial charge in [0.25, 0.3) is 0 Å². The number of aliphatic carboxylic acids is 1. The van der Waals surface area contributed by atoms with Gasteiger partial charge in [-0.15, -0.1) is 0 Å². The summed E-state index contributed by atoms with van der Waals surface area (Å²) < 4.78 is 8.74. The number of allylic oxidation sites excluding steroid dienone is 1. The van der Waals surface area contributed by atoms with Crippen molar-refractivity contribution in [3.8, 4) is 0 Å². The summed E-state index contributed by atoms with van der Waals surface area (Å²) in [5.41, 5.74) is 0.813. The molecule has 6 heteroatoms. The van der Waals surface area contributed by atoms with Crippen molar-refractivity contribution in [2.45, 2.75) is 13.8 Å². The Labute approximate surface area is 64.9 Å². The summed E-state index contributed by atoms with van der Waals surface area (Å²) in [6.45, 7) is 3.49.